The van der Waals surface area contributed by atoms with Gasteiger partial charge in [0.1, 0.15) is 0 Å². The summed E-state index contributed by atoms with van der Waals surface area (Å²) in [5, 5.41) is 7.96. The van der Waals surface area contributed by atoms with E-state index < -0.39 is 0 Å². The standard InChI is InChI=1S/C15H19N3OS3/c1-9(2)12-6-4-11(5-7-12)8-20-14-17-18-15(22-14)21-10(3)13(16)19/h4-7,9-10H,8H2,1-3H3,(H2,16,19)/t10-/m0/s1. The van der Waals surface area contributed by atoms with Gasteiger partial charge in [0.2, 0.25) is 5.91 Å². The highest BCUT2D eigenvalue weighted by Gasteiger charge is 2.14. The van der Waals surface area contributed by atoms with Gasteiger partial charge in [0, 0.05) is 5.75 Å². The van der Waals surface area contributed by atoms with Gasteiger partial charge in [-0.15, -0.1) is 10.2 Å². The number of rotatable bonds is 7. The summed E-state index contributed by atoms with van der Waals surface area (Å²) in [6, 6.07) is 8.68. The van der Waals surface area contributed by atoms with E-state index >= 15 is 0 Å². The van der Waals surface area contributed by atoms with Crippen molar-refractivity contribution in [1.82, 2.24) is 10.2 Å². The second-order valence-electron chi connectivity index (χ2n) is 5.18. The maximum Gasteiger partial charge on any atom is 0.230 e. The van der Waals surface area contributed by atoms with E-state index in [-0.39, 0.29) is 11.2 Å². The SMILES string of the molecule is CC(C)c1ccc(CSc2nnc(S[C@@H](C)C(N)=O)s2)cc1. The second kappa shape index (κ2) is 7.99. The van der Waals surface area contributed by atoms with Crippen molar-refractivity contribution in [1.29, 1.82) is 0 Å². The van der Waals surface area contributed by atoms with Gasteiger partial charge in [0.25, 0.3) is 0 Å². The van der Waals surface area contributed by atoms with E-state index in [0.717, 1.165) is 14.4 Å². The third kappa shape index (κ3) is 5.00. The highest BCUT2D eigenvalue weighted by atomic mass is 32.2. The summed E-state index contributed by atoms with van der Waals surface area (Å²) in [5.41, 5.74) is 7.87. The summed E-state index contributed by atoms with van der Waals surface area (Å²) in [6.07, 6.45) is 0. The molecule has 0 saturated carbocycles. The molecule has 0 unspecified atom stereocenters. The van der Waals surface area contributed by atoms with Gasteiger partial charge in [-0.25, -0.2) is 0 Å². The van der Waals surface area contributed by atoms with Crippen molar-refractivity contribution in [2.75, 3.05) is 0 Å². The second-order valence-corrected chi connectivity index (χ2v) is 8.97. The Balaban J connectivity index is 1.89. The zero-order valence-corrected chi connectivity index (χ0v) is 15.2. The third-order valence-electron chi connectivity index (χ3n) is 3.07. The summed E-state index contributed by atoms with van der Waals surface area (Å²) in [7, 11) is 0. The van der Waals surface area contributed by atoms with Gasteiger partial charge in [-0.1, -0.05) is 73.0 Å². The predicted molar refractivity (Wildman–Crippen MR) is 94.5 cm³/mol. The fourth-order valence-corrected chi connectivity index (χ4v) is 4.73. The molecule has 0 saturated heterocycles. The van der Waals surface area contributed by atoms with Crippen molar-refractivity contribution in [3.8, 4) is 0 Å². The number of aromatic nitrogens is 2. The van der Waals surface area contributed by atoms with E-state index in [4.69, 9.17) is 5.73 Å². The Labute approximate surface area is 143 Å². The van der Waals surface area contributed by atoms with Crippen LogP contribution in [0.25, 0.3) is 0 Å². The van der Waals surface area contributed by atoms with Gasteiger partial charge in [-0.05, 0) is 24.0 Å². The summed E-state index contributed by atoms with van der Waals surface area (Å²) in [5.74, 6) is 1.08. The van der Waals surface area contributed by atoms with Gasteiger partial charge in [-0.2, -0.15) is 0 Å². The Bertz CT molecular complexity index is 625. The lowest BCUT2D eigenvalue weighted by Crippen LogP contribution is -2.22. The Hall–Kier alpha value is -1.05. The third-order valence-corrected chi connectivity index (χ3v) is 6.41. The van der Waals surface area contributed by atoms with Crippen molar-refractivity contribution in [2.24, 2.45) is 5.73 Å². The van der Waals surface area contributed by atoms with Crippen molar-refractivity contribution in [3.05, 3.63) is 35.4 Å². The molecule has 1 heterocycles. The highest BCUT2D eigenvalue weighted by molar-refractivity contribution is 8.03. The molecule has 2 N–H and O–H groups in total. The normalized spacial score (nSPS) is 12.5. The van der Waals surface area contributed by atoms with Crippen LogP contribution in [0.4, 0.5) is 0 Å². The van der Waals surface area contributed by atoms with Crippen molar-refractivity contribution in [2.45, 2.75) is 46.4 Å². The Kier molecular flexibility index (Phi) is 6.28. The number of hydrogen-bond acceptors (Lipinski definition) is 6. The molecule has 118 valence electrons. The molecule has 0 aliphatic heterocycles. The number of amides is 1. The van der Waals surface area contributed by atoms with Crippen molar-refractivity contribution < 1.29 is 4.79 Å². The first-order chi connectivity index (χ1) is 10.5. The molecule has 0 bridgehead atoms. The Morgan fingerprint density at radius 3 is 2.41 bits per heavy atom. The number of carbonyl (C=O) groups is 1. The van der Waals surface area contributed by atoms with Crippen molar-refractivity contribution in [3.63, 3.8) is 0 Å². The van der Waals surface area contributed by atoms with Gasteiger partial charge < -0.3 is 5.73 Å². The van der Waals surface area contributed by atoms with Crippen LogP contribution in [0.2, 0.25) is 0 Å². The van der Waals surface area contributed by atoms with Crippen LogP contribution in [0.5, 0.6) is 0 Å². The average molecular weight is 354 g/mol. The van der Waals surface area contributed by atoms with Crippen LogP contribution in [0, 0.1) is 0 Å². The minimum absolute atomic E-state index is 0.283. The summed E-state index contributed by atoms with van der Waals surface area (Å²) >= 11 is 4.52. The molecule has 7 heteroatoms. The lowest BCUT2D eigenvalue weighted by atomic mass is 10.0. The van der Waals surface area contributed by atoms with E-state index in [1.54, 1.807) is 18.7 Å². The van der Waals surface area contributed by atoms with Crippen LogP contribution < -0.4 is 5.73 Å². The number of carbonyl (C=O) groups excluding carboxylic acids is 1. The molecule has 22 heavy (non-hydrogen) atoms. The maximum atomic E-state index is 11.0. The van der Waals surface area contributed by atoms with Crippen LogP contribution in [-0.4, -0.2) is 21.4 Å². The molecule has 4 nitrogen and oxygen atoms in total. The summed E-state index contributed by atoms with van der Waals surface area (Å²) in [6.45, 7) is 6.16. The smallest absolute Gasteiger partial charge is 0.230 e. The molecule has 2 rings (SSSR count). The Morgan fingerprint density at radius 2 is 1.82 bits per heavy atom. The van der Waals surface area contributed by atoms with Gasteiger partial charge in [0.05, 0.1) is 5.25 Å². The van der Waals surface area contributed by atoms with Crippen LogP contribution >= 0.6 is 34.9 Å². The minimum atomic E-state index is -0.334. The van der Waals surface area contributed by atoms with E-state index in [1.165, 1.54) is 34.2 Å². The number of primary amides is 1. The molecular weight excluding hydrogens is 334 g/mol. The molecule has 0 fully saturated rings. The molecule has 0 radical (unpaired) electrons. The van der Waals surface area contributed by atoms with Crippen LogP contribution in [0.15, 0.2) is 32.9 Å². The first-order valence-electron chi connectivity index (χ1n) is 6.97. The van der Waals surface area contributed by atoms with E-state index in [0.29, 0.717) is 5.92 Å². The quantitative estimate of drug-likeness (QED) is 0.764. The molecular formula is C15H19N3OS3. The first kappa shape index (κ1) is 17.3. The summed E-state index contributed by atoms with van der Waals surface area (Å²) in [4.78, 5) is 11.0. The molecule has 2 aromatic rings. The molecule has 1 amide bonds. The fourth-order valence-electron chi connectivity index (χ4n) is 1.66. The zero-order valence-electron chi connectivity index (χ0n) is 12.8. The molecule has 1 aromatic heterocycles. The topological polar surface area (TPSA) is 68.9 Å². The van der Waals surface area contributed by atoms with Crippen LogP contribution in [0.3, 0.4) is 0 Å². The monoisotopic (exact) mass is 353 g/mol. The highest BCUT2D eigenvalue weighted by Crippen LogP contribution is 2.32. The number of nitrogens with two attached hydrogens (primary N) is 1. The molecule has 1 atom stereocenters. The predicted octanol–water partition coefficient (Wildman–Crippen LogP) is 3.92. The van der Waals surface area contributed by atoms with E-state index in [2.05, 4.69) is 48.3 Å². The number of thioether (sulfide) groups is 2. The number of benzene rings is 1. The fraction of sp³-hybridized carbons (Fsp3) is 0.400. The van der Waals surface area contributed by atoms with E-state index in [9.17, 15) is 4.79 Å². The zero-order chi connectivity index (χ0) is 16.1. The average Bonchev–Trinajstić information content (AvgIpc) is 2.93. The number of nitrogens with zero attached hydrogens (tertiary/aromatic N) is 2. The van der Waals surface area contributed by atoms with Crippen LogP contribution in [-0.2, 0) is 10.5 Å². The lowest BCUT2D eigenvalue weighted by Gasteiger charge is -2.06. The van der Waals surface area contributed by atoms with Gasteiger partial charge >= 0.3 is 0 Å². The number of hydrogen-bond donors (Lipinski definition) is 1. The molecule has 0 aliphatic carbocycles. The summed E-state index contributed by atoms with van der Waals surface area (Å²) < 4.78 is 1.69. The Morgan fingerprint density at radius 1 is 1.18 bits per heavy atom. The minimum Gasteiger partial charge on any atom is -0.369 e. The molecule has 1 aromatic carbocycles. The molecule has 0 aliphatic rings. The van der Waals surface area contributed by atoms with Crippen LogP contribution in [0.1, 0.15) is 37.8 Å². The first-order valence-corrected chi connectivity index (χ1v) is 9.65. The van der Waals surface area contributed by atoms with Crippen molar-refractivity contribution >= 4 is 40.8 Å². The van der Waals surface area contributed by atoms with E-state index in [1.807, 2.05) is 0 Å². The van der Waals surface area contributed by atoms with Gasteiger partial charge in [-0.3, -0.25) is 4.79 Å². The van der Waals surface area contributed by atoms with Gasteiger partial charge in [0.15, 0.2) is 8.68 Å². The maximum absolute atomic E-state index is 11.0. The largest absolute Gasteiger partial charge is 0.369 e. The molecule has 0 spiro atoms. The lowest BCUT2D eigenvalue weighted by molar-refractivity contribution is -0.117.